The fourth-order valence-electron chi connectivity index (χ4n) is 12.0. The topological polar surface area (TPSA) is 131 Å². The Kier molecular flexibility index (Phi) is 5.79. The normalized spacial score (nSPS) is 41.4. The van der Waals surface area contributed by atoms with Gasteiger partial charge in [-0.1, -0.05) is 24.3 Å². The number of benzene rings is 2. The van der Waals surface area contributed by atoms with E-state index in [1.807, 2.05) is 24.3 Å². The maximum absolute atomic E-state index is 12.7. The molecule has 0 amide bonds. The van der Waals surface area contributed by atoms with Crippen molar-refractivity contribution in [1.82, 2.24) is 9.80 Å². The number of aromatic hydroxyl groups is 2. The summed E-state index contributed by atoms with van der Waals surface area (Å²) >= 11 is 0. The van der Waals surface area contributed by atoms with Gasteiger partial charge < -0.3 is 29.9 Å². The van der Waals surface area contributed by atoms with Crippen molar-refractivity contribution in [1.29, 1.82) is 0 Å². The molecule has 0 radical (unpaired) electrons. The quantitative estimate of drug-likeness (QED) is 0.287. The van der Waals surface area contributed by atoms with Crippen molar-refractivity contribution in [3.8, 4) is 23.0 Å². The summed E-state index contributed by atoms with van der Waals surface area (Å²) in [4.78, 5) is 4.68. The number of ether oxygens (including phenoxy) is 2. The molecule has 250 valence electrons. The first kappa shape index (κ1) is 29.2. The van der Waals surface area contributed by atoms with E-state index in [2.05, 4.69) is 23.0 Å². The van der Waals surface area contributed by atoms with E-state index in [9.17, 15) is 20.4 Å². The molecule has 2 spiro atoms. The van der Waals surface area contributed by atoms with Crippen LogP contribution in [0.5, 0.6) is 23.0 Å². The van der Waals surface area contributed by atoms with Crippen LogP contribution in [0.3, 0.4) is 0 Å². The van der Waals surface area contributed by atoms with Crippen LogP contribution in [0.25, 0.3) is 0 Å². The standard InChI is InChI=1S/C38H42N4O6/c1-3-15-41-17-13-35-29-21-5-7-25(43)31(29)47-33(35)23(9-11-37(35,45)27(41)19-21)39-40-24-10-12-38(46)28-20-22-6-8-26(44)32-30(22)36(38,34(24)48-32)14-18-42(28)16-4-2/h3-8,27-28,33-34,43-46H,1-2,9-20H2/t27-,28-,33-,34+,35+,36+,37?,38?/m1/s1. The number of hydrogen-bond acceptors (Lipinski definition) is 10. The van der Waals surface area contributed by atoms with E-state index in [0.717, 1.165) is 46.8 Å². The fraction of sp³-hybridized carbons (Fsp3) is 0.526. The van der Waals surface area contributed by atoms with Crippen LogP contribution in [0.4, 0.5) is 0 Å². The third kappa shape index (κ3) is 3.15. The van der Waals surface area contributed by atoms with Crippen molar-refractivity contribution in [3.05, 3.63) is 71.8 Å². The lowest BCUT2D eigenvalue weighted by molar-refractivity contribution is -0.164. The zero-order chi connectivity index (χ0) is 32.8. The van der Waals surface area contributed by atoms with Crippen LogP contribution < -0.4 is 9.47 Å². The number of hydrogen-bond donors (Lipinski definition) is 4. The Morgan fingerprint density at radius 3 is 1.56 bits per heavy atom. The Morgan fingerprint density at radius 1 is 0.708 bits per heavy atom. The van der Waals surface area contributed by atoms with Crippen molar-refractivity contribution in [3.63, 3.8) is 0 Å². The molecule has 2 saturated carbocycles. The van der Waals surface area contributed by atoms with Crippen LogP contribution in [0.1, 0.15) is 60.8 Å². The highest BCUT2D eigenvalue weighted by molar-refractivity contribution is 5.97. The van der Waals surface area contributed by atoms with Crippen molar-refractivity contribution >= 4 is 11.4 Å². The van der Waals surface area contributed by atoms with Gasteiger partial charge in [0.2, 0.25) is 0 Å². The number of aliphatic hydroxyl groups is 2. The van der Waals surface area contributed by atoms with Crippen LogP contribution in [0.2, 0.25) is 0 Å². The largest absolute Gasteiger partial charge is 0.504 e. The van der Waals surface area contributed by atoms with E-state index in [1.165, 1.54) is 0 Å². The van der Waals surface area contributed by atoms with Gasteiger partial charge in [-0.2, -0.15) is 10.2 Å². The Labute approximate surface area is 279 Å². The number of piperidine rings is 2. The molecule has 2 aromatic carbocycles. The van der Waals surface area contributed by atoms with Gasteiger partial charge in [0.05, 0.1) is 33.5 Å². The average molecular weight is 651 g/mol. The van der Waals surface area contributed by atoms with Crippen molar-refractivity contribution in [2.75, 3.05) is 26.2 Å². The first-order valence-corrected chi connectivity index (χ1v) is 17.5. The lowest BCUT2D eigenvalue weighted by Gasteiger charge is -2.63. The molecule has 2 saturated heterocycles. The SMILES string of the molecule is C=CCN1CC[C@]23c4c5ccc(O)c4O[C@@H]2C(=NN=C2CCC4(O)[C@H]6Cc7ccc(O)c8c7[C@@]4(CCN6CC=C)[C@H]2O8)CCC3(O)[C@H]1C5. The summed E-state index contributed by atoms with van der Waals surface area (Å²) in [5.41, 5.74) is 1.99. The number of nitrogens with zero attached hydrogens (tertiary/aromatic N) is 4. The fourth-order valence-corrected chi connectivity index (χ4v) is 12.0. The van der Waals surface area contributed by atoms with E-state index in [4.69, 9.17) is 19.7 Å². The molecule has 48 heavy (non-hydrogen) atoms. The van der Waals surface area contributed by atoms with Gasteiger partial charge in [-0.3, -0.25) is 9.80 Å². The Balaban J connectivity index is 1.08. The summed E-state index contributed by atoms with van der Waals surface area (Å²) in [6.07, 6.45) is 7.42. The van der Waals surface area contributed by atoms with E-state index in [-0.39, 0.29) is 23.6 Å². The van der Waals surface area contributed by atoms with Crippen LogP contribution >= 0.6 is 0 Å². The van der Waals surface area contributed by atoms with Gasteiger partial charge in [-0.05, 0) is 74.6 Å². The number of phenolic OH excluding ortho intramolecular Hbond substituents is 2. The molecule has 10 rings (SSSR count). The molecular formula is C38H42N4O6. The first-order valence-electron chi connectivity index (χ1n) is 17.5. The summed E-state index contributed by atoms with van der Waals surface area (Å²) < 4.78 is 13.3. The minimum atomic E-state index is -1.06. The second-order valence-corrected chi connectivity index (χ2v) is 15.4. The molecule has 4 heterocycles. The highest BCUT2D eigenvalue weighted by Crippen LogP contribution is 2.66. The predicted molar refractivity (Wildman–Crippen MR) is 179 cm³/mol. The third-order valence-electron chi connectivity index (χ3n) is 13.8. The van der Waals surface area contributed by atoms with Crippen molar-refractivity contribution < 1.29 is 29.9 Å². The Hall–Kier alpha value is -3.70. The number of phenols is 2. The summed E-state index contributed by atoms with van der Waals surface area (Å²) in [5.74, 6) is 1.11. The predicted octanol–water partition coefficient (Wildman–Crippen LogP) is 3.28. The Bertz CT molecular complexity index is 1740. The van der Waals surface area contributed by atoms with Crippen LogP contribution in [-0.2, 0) is 23.7 Å². The lowest BCUT2D eigenvalue weighted by atomic mass is 9.48. The van der Waals surface area contributed by atoms with Gasteiger partial charge in [0.1, 0.15) is 0 Å². The van der Waals surface area contributed by atoms with Gasteiger partial charge >= 0.3 is 0 Å². The molecule has 2 aromatic rings. The monoisotopic (exact) mass is 650 g/mol. The van der Waals surface area contributed by atoms with Crippen LogP contribution in [-0.4, -0.2) is 103 Å². The highest BCUT2D eigenvalue weighted by atomic mass is 16.5. The van der Waals surface area contributed by atoms with Gasteiger partial charge in [-0.25, -0.2) is 0 Å². The molecule has 4 bridgehead atoms. The second-order valence-electron chi connectivity index (χ2n) is 15.4. The van der Waals surface area contributed by atoms with Crippen LogP contribution in [0, 0.1) is 0 Å². The summed E-state index contributed by atoms with van der Waals surface area (Å²) in [6.45, 7) is 10.9. The molecule has 4 aliphatic carbocycles. The van der Waals surface area contributed by atoms with Crippen molar-refractivity contribution in [2.24, 2.45) is 10.2 Å². The first-order chi connectivity index (χ1) is 23.2. The van der Waals surface area contributed by atoms with Gasteiger partial charge in [-0.15, -0.1) is 13.2 Å². The summed E-state index contributed by atoms with van der Waals surface area (Å²) in [7, 11) is 0. The molecule has 2 unspecified atom stereocenters. The smallest absolute Gasteiger partial charge is 0.166 e. The third-order valence-corrected chi connectivity index (χ3v) is 13.8. The van der Waals surface area contributed by atoms with Gasteiger partial charge in [0.15, 0.2) is 35.2 Å². The summed E-state index contributed by atoms with van der Waals surface area (Å²) in [5, 5.41) is 57.4. The molecule has 4 aliphatic heterocycles. The highest BCUT2D eigenvalue weighted by Gasteiger charge is 2.74. The van der Waals surface area contributed by atoms with Gasteiger partial charge in [0, 0.05) is 49.4 Å². The Morgan fingerprint density at radius 2 is 1.15 bits per heavy atom. The van der Waals surface area contributed by atoms with Gasteiger partial charge in [0.25, 0.3) is 0 Å². The zero-order valence-corrected chi connectivity index (χ0v) is 27.1. The lowest BCUT2D eigenvalue weighted by Crippen LogP contribution is -2.76. The molecule has 8 aliphatic rings. The van der Waals surface area contributed by atoms with E-state index in [0.29, 0.717) is 76.0 Å². The zero-order valence-electron chi connectivity index (χ0n) is 27.1. The van der Waals surface area contributed by atoms with E-state index in [1.54, 1.807) is 12.1 Å². The average Bonchev–Trinajstić information content (AvgIpc) is 3.61. The van der Waals surface area contributed by atoms with Crippen molar-refractivity contribution in [2.45, 2.75) is 97.7 Å². The molecule has 0 aromatic heterocycles. The maximum Gasteiger partial charge on any atom is 0.166 e. The number of rotatable bonds is 5. The molecule has 4 fully saturated rings. The molecule has 10 heteroatoms. The van der Waals surface area contributed by atoms with E-state index < -0.39 is 34.2 Å². The minimum absolute atomic E-state index is 0.0885. The number of likely N-dealkylation sites (tertiary alicyclic amines) is 2. The molecule has 4 N–H and O–H groups in total. The maximum atomic E-state index is 12.7. The minimum Gasteiger partial charge on any atom is -0.504 e. The second kappa shape index (κ2) is 9.50. The molecule has 8 atom stereocenters. The molecular weight excluding hydrogens is 608 g/mol. The van der Waals surface area contributed by atoms with E-state index >= 15 is 0 Å². The molecule has 10 nitrogen and oxygen atoms in total. The van der Waals surface area contributed by atoms with Crippen LogP contribution in [0.15, 0.2) is 59.8 Å². The summed E-state index contributed by atoms with van der Waals surface area (Å²) in [6, 6.07) is 7.18.